The second-order valence-electron chi connectivity index (χ2n) is 4.33. The molecule has 1 aromatic carbocycles. The SMILES string of the molecule is [B]C([B])(N)Cc1cc2c(cc1OC)OC([B])([B])O2. The quantitative estimate of drug-likeness (QED) is 0.675. The van der Waals surface area contributed by atoms with Gasteiger partial charge in [-0.1, -0.05) is 5.34 Å². The molecule has 2 N–H and O–H groups in total. The predicted octanol–water partition coefficient (Wildman–Crippen LogP) is -1.09. The Bertz CT molecular complexity index is 473. The van der Waals surface area contributed by atoms with Gasteiger partial charge in [-0.3, -0.25) is 0 Å². The fourth-order valence-corrected chi connectivity index (χ4v) is 1.77. The van der Waals surface area contributed by atoms with Gasteiger partial charge < -0.3 is 19.9 Å². The Hall–Kier alpha value is -1.16. The van der Waals surface area contributed by atoms with Crippen molar-refractivity contribution in [2.75, 3.05) is 7.11 Å². The summed E-state index contributed by atoms with van der Waals surface area (Å²) in [6.45, 7) is 0. The minimum Gasteiger partial charge on any atom is -0.496 e. The average molecular weight is 234 g/mol. The van der Waals surface area contributed by atoms with Crippen molar-refractivity contribution in [2.24, 2.45) is 5.73 Å². The zero-order valence-corrected chi connectivity index (χ0v) is 9.97. The number of fused-ring (bicyclic) bond motifs is 1. The summed E-state index contributed by atoms with van der Waals surface area (Å²) in [6.07, 6.45) is 0.189. The fraction of sp³-hybridized carbons (Fsp3) is 0.400. The monoisotopic (exact) mass is 235 g/mol. The van der Waals surface area contributed by atoms with Gasteiger partial charge in [-0.2, -0.15) is 0 Å². The first-order valence-corrected chi connectivity index (χ1v) is 5.23. The third kappa shape index (κ3) is 2.80. The normalized spacial score (nSPS) is 16.6. The third-order valence-electron chi connectivity index (χ3n) is 2.38. The maximum absolute atomic E-state index is 5.57. The second-order valence-corrected chi connectivity index (χ2v) is 4.33. The highest BCUT2D eigenvalue weighted by Gasteiger charge is 2.32. The molecule has 0 saturated carbocycles. The molecule has 0 aromatic heterocycles. The minimum atomic E-state index is -1.68. The van der Waals surface area contributed by atoms with E-state index in [4.69, 9.17) is 51.3 Å². The van der Waals surface area contributed by atoms with E-state index in [1.54, 1.807) is 12.1 Å². The van der Waals surface area contributed by atoms with Crippen LogP contribution < -0.4 is 19.9 Å². The Morgan fingerprint density at radius 2 is 1.83 bits per heavy atom. The third-order valence-corrected chi connectivity index (χ3v) is 2.38. The van der Waals surface area contributed by atoms with E-state index in [1.807, 2.05) is 0 Å². The van der Waals surface area contributed by atoms with Gasteiger partial charge in [-0.15, -0.1) is 0 Å². The molecule has 0 unspecified atom stereocenters. The minimum absolute atomic E-state index is 0.189. The molecule has 0 fully saturated rings. The molecule has 1 aliphatic rings. The summed E-state index contributed by atoms with van der Waals surface area (Å²) in [7, 11) is 23.7. The molecular weight excluding hydrogens is 225 g/mol. The van der Waals surface area contributed by atoms with E-state index in [2.05, 4.69) is 0 Å². The number of hydrogen-bond donors (Lipinski definition) is 1. The maximum Gasteiger partial charge on any atom is 0.175 e. The van der Waals surface area contributed by atoms with Gasteiger partial charge in [0.25, 0.3) is 0 Å². The van der Waals surface area contributed by atoms with Crippen LogP contribution in [0.25, 0.3) is 0 Å². The highest BCUT2D eigenvalue weighted by Crippen LogP contribution is 2.42. The molecule has 0 saturated heterocycles. The number of nitrogens with two attached hydrogens (primary N) is 1. The lowest BCUT2D eigenvalue weighted by atomic mass is 9.60. The lowest BCUT2D eigenvalue weighted by molar-refractivity contribution is 0.0833. The summed E-state index contributed by atoms with van der Waals surface area (Å²) in [5.74, 6) is 1.29. The molecular formula is C10H9B4NO3. The highest BCUT2D eigenvalue weighted by molar-refractivity contribution is 6.40. The van der Waals surface area contributed by atoms with E-state index in [0.717, 1.165) is 0 Å². The van der Waals surface area contributed by atoms with Gasteiger partial charge in [0.15, 0.2) is 32.8 Å². The van der Waals surface area contributed by atoms with Crippen LogP contribution in [0.3, 0.4) is 0 Å². The molecule has 0 aliphatic carbocycles. The molecule has 8 heteroatoms. The summed E-state index contributed by atoms with van der Waals surface area (Å²) in [4.78, 5) is 0. The van der Waals surface area contributed by atoms with E-state index in [9.17, 15) is 0 Å². The Morgan fingerprint density at radius 3 is 2.33 bits per heavy atom. The van der Waals surface area contributed by atoms with Crippen molar-refractivity contribution in [1.82, 2.24) is 0 Å². The number of hydrogen-bond acceptors (Lipinski definition) is 4. The van der Waals surface area contributed by atoms with Crippen LogP contribution in [0.2, 0.25) is 0 Å². The Balaban J connectivity index is 2.38. The maximum atomic E-state index is 5.57. The zero-order valence-electron chi connectivity index (χ0n) is 9.97. The summed E-state index contributed by atoms with van der Waals surface area (Å²) in [5, 5.41) is -1.36. The number of ether oxygens (including phenoxy) is 3. The number of rotatable bonds is 3. The molecule has 8 radical (unpaired) electrons. The first kappa shape index (κ1) is 13.3. The fourth-order valence-electron chi connectivity index (χ4n) is 1.77. The number of benzene rings is 1. The predicted molar refractivity (Wildman–Crippen MR) is 70.6 cm³/mol. The Morgan fingerprint density at radius 1 is 1.28 bits per heavy atom. The smallest absolute Gasteiger partial charge is 0.175 e. The molecule has 0 bridgehead atoms. The van der Waals surface area contributed by atoms with Gasteiger partial charge >= 0.3 is 0 Å². The lowest BCUT2D eigenvalue weighted by Crippen LogP contribution is -2.43. The molecule has 0 spiro atoms. The Labute approximate surface area is 111 Å². The average Bonchev–Trinajstić information content (AvgIpc) is 2.47. The molecule has 0 amide bonds. The molecule has 1 aromatic rings. The first-order valence-electron chi connectivity index (χ1n) is 5.23. The van der Waals surface area contributed by atoms with Crippen molar-refractivity contribution < 1.29 is 14.2 Å². The van der Waals surface area contributed by atoms with Gasteiger partial charge in [0, 0.05) is 6.07 Å². The van der Waals surface area contributed by atoms with Gasteiger partial charge in [-0.25, -0.2) is 0 Å². The van der Waals surface area contributed by atoms with Crippen LogP contribution in [-0.2, 0) is 6.42 Å². The van der Waals surface area contributed by atoms with Crippen LogP contribution >= 0.6 is 0 Å². The van der Waals surface area contributed by atoms with Crippen LogP contribution in [0.5, 0.6) is 17.2 Å². The van der Waals surface area contributed by atoms with Crippen LogP contribution in [0.1, 0.15) is 5.56 Å². The Kier molecular flexibility index (Phi) is 3.09. The van der Waals surface area contributed by atoms with Gasteiger partial charge in [-0.05, 0) is 18.1 Å². The van der Waals surface area contributed by atoms with Crippen molar-refractivity contribution >= 4 is 31.4 Å². The molecule has 84 valence electrons. The van der Waals surface area contributed by atoms with Crippen LogP contribution in [0.15, 0.2) is 12.1 Å². The summed E-state index contributed by atoms with van der Waals surface area (Å²) in [6, 6.07) is 3.23. The number of methoxy groups -OCH3 is 1. The van der Waals surface area contributed by atoms with Gasteiger partial charge in [0.1, 0.15) is 5.75 Å². The largest absolute Gasteiger partial charge is 0.496 e. The molecule has 1 heterocycles. The molecule has 0 atom stereocenters. The van der Waals surface area contributed by atoms with E-state index < -0.39 is 10.9 Å². The van der Waals surface area contributed by atoms with E-state index >= 15 is 0 Å². The van der Waals surface area contributed by atoms with Gasteiger partial charge in [0.05, 0.1) is 22.8 Å². The van der Waals surface area contributed by atoms with E-state index in [0.29, 0.717) is 22.8 Å². The highest BCUT2D eigenvalue weighted by atomic mass is 16.7. The summed E-state index contributed by atoms with van der Waals surface area (Å²) < 4.78 is 15.6. The van der Waals surface area contributed by atoms with Gasteiger partial charge in [0.2, 0.25) is 0 Å². The van der Waals surface area contributed by atoms with Crippen LogP contribution in [0.4, 0.5) is 0 Å². The molecule has 4 nitrogen and oxygen atoms in total. The van der Waals surface area contributed by atoms with Crippen molar-refractivity contribution in [1.29, 1.82) is 0 Å². The summed E-state index contributed by atoms with van der Waals surface area (Å²) in [5.41, 5.74) is 4.56. The van der Waals surface area contributed by atoms with Crippen LogP contribution in [-0.4, -0.2) is 49.4 Å². The van der Waals surface area contributed by atoms with Crippen LogP contribution in [0, 0.1) is 0 Å². The summed E-state index contributed by atoms with van der Waals surface area (Å²) >= 11 is 0. The standard InChI is InChI=1S/C10H9B4NO3/c1-16-6-3-8-7(17-10(13,14)18-8)2-5(6)4-9(11,12)15/h2-3H,4,15H2,1H3. The first-order chi connectivity index (χ1) is 8.20. The molecule has 1 aliphatic heterocycles. The van der Waals surface area contributed by atoms with E-state index in [-0.39, 0.29) is 6.42 Å². The topological polar surface area (TPSA) is 53.7 Å². The van der Waals surface area contributed by atoms with Crippen molar-refractivity contribution in [3.63, 3.8) is 0 Å². The molecule has 18 heavy (non-hydrogen) atoms. The lowest BCUT2D eigenvalue weighted by Gasteiger charge is -2.21. The van der Waals surface area contributed by atoms with Crippen molar-refractivity contribution in [3.05, 3.63) is 17.7 Å². The molecule has 2 rings (SSSR count). The zero-order chi connectivity index (χ0) is 13.6. The van der Waals surface area contributed by atoms with Crippen molar-refractivity contribution in [3.8, 4) is 17.2 Å². The van der Waals surface area contributed by atoms with Crippen molar-refractivity contribution in [2.45, 2.75) is 17.3 Å². The van der Waals surface area contributed by atoms with E-state index in [1.165, 1.54) is 7.11 Å². The second kappa shape index (κ2) is 4.19.